The summed E-state index contributed by atoms with van der Waals surface area (Å²) in [5, 5.41) is 3.07. The molecular weight excluding hydrogens is 294 g/mol. The van der Waals surface area contributed by atoms with Crippen molar-refractivity contribution in [2.45, 2.75) is 25.3 Å². The first kappa shape index (κ1) is 14.3. The number of nitrogens with two attached hydrogens (primary N) is 1. The van der Waals surface area contributed by atoms with E-state index >= 15 is 0 Å². The Bertz CT molecular complexity index is 615. The first-order valence-electron chi connectivity index (χ1n) is 7.00. The molecule has 2 aliphatic heterocycles. The van der Waals surface area contributed by atoms with Crippen LogP contribution in [0.15, 0.2) is 0 Å². The fraction of sp³-hybridized carbons (Fsp3) is 0.727. The number of hydrazine groups is 1. The van der Waals surface area contributed by atoms with Crippen molar-refractivity contribution < 1.29 is 8.42 Å². The van der Waals surface area contributed by atoms with Crippen LogP contribution in [0.3, 0.4) is 0 Å². The molecule has 2 saturated heterocycles. The fourth-order valence-electron chi connectivity index (χ4n) is 2.64. The van der Waals surface area contributed by atoms with Crippen molar-refractivity contribution in [3.05, 3.63) is 0 Å². The van der Waals surface area contributed by atoms with E-state index in [0.29, 0.717) is 18.3 Å². The highest BCUT2D eigenvalue weighted by molar-refractivity contribution is 7.91. The Balaban J connectivity index is 1.79. The molecular formula is C11H19N7O2S. The number of nitrogen functional groups attached to an aromatic ring is 1. The number of anilines is 3. The number of sulfone groups is 1. The Kier molecular flexibility index (Phi) is 3.81. The molecule has 4 N–H and O–H groups in total. The van der Waals surface area contributed by atoms with Crippen LogP contribution in [0.5, 0.6) is 0 Å². The maximum atomic E-state index is 11.5. The van der Waals surface area contributed by atoms with Crippen molar-refractivity contribution in [2.75, 3.05) is 40.2 Å². The van der Waals surface area contributed by atoms with Crippen LogP contribution in [0.25, 0.3) is 0 Å². The van der Waals surface area contributed by atoms with Crippen LogP contribution < -0.4 is 21.5 Å². The topological polar surface area (TPSA) is 126 Å². The van der Waals surface area contributed by atoms with Crippen molar-refractivity contribution in [1.82, 2.24) is 15.0 Å². The summed E-state index contributed by atoms with van der Waals surface area (Å²) in [4.78, 5) is 14.8. The van der Waals surface area contributed by atoms with Crippen LogP contribution in [0.1, 0.15) is 19.3 Å². The molecule has 1 atom stereocenters. The number of rotatable bonds is 4. The van der Waals surface area contributed by atoms with Crippen LogP contribution >= 0.6 is 0 Å². The molecule has 1 aromatic rings. The van der Waals surface area contributed by atoms with E-state index in [4.69, 9.17) is 5.84 Å². The predicted molar refractivity (Wildman–Crippen MR) is 79.8 cm³/mol. The van der Waals surface area contributed by atoms with Gasteiger partial charge in [0.25, 0.3) is 0 Å². The van der Waals surface area contributed by atoms with Crippen LogP contribution in [-0.2, 0) is 9.84 Å². The lowest BCUT2D eigenvalue weighted by molar-refractivity contribution is 0.602. The van der Waals surface area contributed by atoms with E-state index in [9.17, 15) is 8.42 Å². The van der Waals surface area contributed by atoms with Crippen LogP contribution in [-0.4, -0.2) is 54.0 Å². The lowest BCUT2D eigenvalue weighted by Crippen LogP contribution is -2.26. The highest BCUT2D eigenvalue weighted by Gasteiger charge is 2.28. The molecule has 10 heteroatoms. The standard InChI is InChI=1S/C11H19N7O2S/c12-17-10-14-9(13-8-3-6-21(19,20)7-8)15-11(16-10)18-4-1-2-5-18/h8H,1-7,12H2,(H2,13,14,15,16,17). The van der Waals surface area contributed by atoms with Gasteiger partial charge in [0.05, 0.1) is 11.5 Å². The number of aromatic nitrogens is 3. The molecule has 21 heavy (non-hydrogen) atoms. The molecule has 116 valence electrons. The van der Waals surface area contributed by atoms with Crippen molar-refractivity contribution in [1.29, 1.82) is 0 Å². The first-order valence-corrected chi connectivity index (χ1v) is 8.82. The van der Waals surface area contributed by atoms with Gasteiger partial charge in [-0.1, -0.05) is 0 Å². The summed E-state index contributed by atoms with van der Waals surface area (Å²) in [6.07, 6.45) is 2.79. The highest BCUT2D eigenvalue weighted by atomic mass is 32.2. The molecule has 0 saturated carbocycles. The lowest BCUT2D eigenvalue weighted by atomic mass is 10.3. The molecule has 3 rings (SSSR count). The zero-order chi connectivity index (χ0) is 14.9. The highest BCUT2D eigenvalue weighted by Crippen LogP contribution is 2.20. The smallest absolute Gasteiger partial charge is 0.243 e. The summed E-state index contributed by atoms with van der Waals surface area (Å²) in [6, 6.07) is -0.158. The molecule has 0 aromatic carbocycles. The van der Waals surface area contributed by atoms with Crippen LogP contribution in [0.4, 0.5) is 17.8 Å². The van der Waals surface area contributed by atoms with Crippen molar-refractivity contribution in [3.8, 4) is 0 Å². The number of nitrogens with zero attached hydrogens (tertiary/aromatic N) is 4. The second-order valence-corrected chi connectivity index (χ2v) is 7.59. The number of hydrogen-bond acceptors (Lipinski definition) is 9. The van der Waals surface area contributed by atoms with Crippen LogP contribution in [0, 0.1) is 0 Å². The Morgan fingerprint density at radius 1 is 1.14 bits per heavy atom. The molecule has 9 nitrogen and oxygen atoms in total. The third-order valence-corrected chi connectivity index (χ3v) is 5.48. The molecule has 0 radical (unpaired) electrons. The van der Waals surface area contributed by atoms with Gasteiger partial charge < -0.3 is 10.2 Å². The van der Waals surface area contributed by atoms with Gasteiger partial charge in [-0.2, -0.15) is 15.0 Å². The third kappa shape index (κ3) is 3.32. The molecule has 0 aliphatic carbocycles. The van der Waals surface area contributed by atoms with Crippen molar-refractivity contribution >= 4 is 27.7 Å². The quantitative estimate of drug-likeness (QED) is 0.491. The van der Waals surface area contributed by atoms with Gasteiger partial charge in [-0.3, -0.25) is 5.43 Å². The van der Waals surface area contributed by atoms with Crippen molar-refractivity contribution in [2.24, 2.45) is 5.84 Å². The Morgan fingerprint density at radius 3 is 2.48 bits per heavy atom. The van der Waals surface area contributed by atoms with Crippen LogP contribution in [0.2, 0.25) is 0 Å². The summed E-state index contributed by atoms with van der Waals surface area (Å²) < 4.78 is 23.0. The maximum absolute atomic E-state index is 11.5. The van der Waals surface area contributed by atoms with Crippen molar-refractivity contribution in [3.63, 3.8) is 0 Å². The average Bonchev–Trinajstić information content (AvgIpc) is 3.08. The van der Waals surface area contributed by atoms with E-state index in [1.54, 1.807) is 0 Å². The summed E-state index contributed by atoms with van der Waals surface area (Å²) in [7, 11) is -2.94. The van der Waals surface area contributed by atoms with E-state index in [1.165, 1.54) is 0 Å². The van der Waals surface area contributed by atoms with E-state index < -0.39 is 9.84 Å². The largest absolute Gasteiger partial charge is 0.350 e. The fourth-order valence-corrected chi connectivity index (χ4v) is 4.32. The SMILES string of the molecule is NNc1nc(NC2CCS(=O)(=O)C2)nc(N2CCCC2)n1. The Morgan fingerprint density at radius 2 is 1.86 bits per heavy atom. The third-order valence-electron chi connectivity index (χ3n) is 3.71. The van der Waals surface area contributed by atoms with E-state index in [1.807, 2.05) is 0 Å². The monoisotopic (exact) mass is 313 g/mol. The van der Waals surface area contributed by atoms with E-state index in [2.05, 4.69) is 30.6 Å². The van der Waals surface area contributed by atoms with E-state index in [0.717, 1.165) is 25.9 Å². The maximum Gasteiger partial charge on any atom is 0.243 e. The predicted octanol–water partition coefficient (Wildman–Crippen LogP) is -0.644. The zero-order valence-electron chi connectivity index (χ0n) is 11.6. The first-order chi connectivity index (χ1) is 10.1. The van der Waals surface area contributed by atoms with Gasteiger partial charge >= 0.3 is 0 Å². The molecule has 2 fully saturated rings. The molecule has 1 aromatic heterocycles. The minimum atomic E-state index is -2.94. The molecule has 3 heterocycles. The van der Waals surface area contributed by atoms with Gasteiger partial charge in [0.15, 0.2) is 9.84 Å². The minimum absolute atomic E-state index is 0.114. The molecule has 0 bridgehead atoms. The van der Waals surface area contributed by atoms with Gasteiger partial charge in [0, 0.05) is 19.1 Å². The Hall–Kier alpha value is -1.68. The van der Waals surface area contributed by atoms with Gasteiger partial charge in [-0.15, -0.1) is 0 Å². The number of nitrogens with one attached hydrogen (secondary N) is 2. The minimum Gasteiger partial charge on any atom is -0.350 e. The summed E-state index contributed by atoms with van der Waals surface area (Å²) >= 11 is 0. The molecule has 1 unspecified atom stereocenters. The lowest BCUT2D eigenvalue weighted by Gasteiger charge is -2.17. The molecule has 0 spiro atoms. The normalized spacial score (nSPS) is 24.2. The second-order valence-electron chi connectivity index (χ2n) is 5.37. The Labute approximate surface area is 123 Å². The zero-order valence-corrected chi connectivity index (χ0v) is 12.4. The molecule has 2 aliphatic rings. The van der Waals surface area contributed by atoms with E-state index in [-0.39, 0.29) is 23.5 Å². The summed E-state index contributed by atoms with van der Waals surface area (Å²) in [5.74, 6) is 6.92. The van der Waals surface area contributed by atoms with Gasteiger partial charge in [0.1, 0.15) is 0 Å². The van der Waals surface area contributed by atoms with Gasteiger partial charge in [-0.05, 0) is 19.3 Å². The summed E-state index contributed by atoms with van der Waals surface area (Å²) in [6.45, 7) is 1.82. The number of hydrogen-bond donors (Lipinski definition) is 3. The van der Waals surface area contributed by atoms with Gasteiger partial charge in [-0.25, -0.2) is 14.3 Å². The second kappa shape index (κ2) is 5.60. The average molecular weight is 313 g/mol. The summed E-state index contributed by atoms with van der Waals surface area (Å²) in [5.41, 5.74) is 2.43. The molecule has 0 amide bonds. The van der Waals surface area contributed by atoms with Gasteiger partial charge in [0.2, 0.25) is 17.8 Å².